The molecule has 0 bridgehead atoms. The van der Waals surface area contributed by atoms with E-state index < -0.39 is 6.98 Å². The summed E-state index contributed by atoms with van der Waals surface area (Å²) in [7, 11) is 1.59. The molecule has 4 aromatic rings. The fourth-order valence-corrected chi connectivity index (χ4v) is 4.63. The number of amides is 1. The summed E-state index contributed by atoms with van der Waals surface area (Å²) in [6, 6.07) is 5.51. The van der Waals surface area contributed by atoms with Gasteiger partial charge in [-0.15, -0.1) is 15.3 Å². The molecule has 5 heterocycles. The lowest BCUT2D eigenvalue weighted by atomic mass is 9.81. The Kier molecular flexibility index (Phi) is 4.98. The maximum atomic E-state index is 12.8. The molecule has 1 saturated heterocycles. The van der Waals surface area contributed by atoms with Gasteiger partial charge in [0.2, 0.25) is 5.91 Å². The van der Waals surface area contributed by atoms with Crippen LogP contribution in [0, 0.1) is 5.92 Å². The van der Waals surface area contributed by atoms with E-state index >= 15 is 0 Å². The van der Waals surface area contributed by atoms with Crippen LogP contribution in [-0.4, -0.2) is 82.2 Å². The Morgan fingerprint density at radius 1 is 1.25 bits per heavy atom. The number of fused-ring (bicyclic) bond motifs is 2. The number of nitrogens with zero attached hydrogens (tertiary/aromatic N) is 7. The van der Waals surface area contributed by atoms with Gasteiger partial charge in [0.15, 0.2) is 23.1 Å². The quantitative estimate of drug-likeness (QED) is 0.412. The summed E-state index contributed by atoms with van der Waals surface area (Å²) < 4.78 is 35.3. The molecule has 1 saturated carbocycles. The van der Waals surface area contributed by atoms with Crippen LogP contribution in [0.25, 0.3) is 27.9 Å². The Labute approximate surface area is 211 Å². The molecule has 12 nitrogen and oxygen atoms in total. The minimum Gasteiger partial charge on any atom is -0.381 e. The fourth-order valence-electron chi connectivity index (χ4n) is 4.63. The lowest BCUT2D eigenvalue weighted by molar-refractivity contribution is -0.130. The van der Waals surface area contributed by atoms with Gasteiger partial charge in [-0.1, -0.05) is 0 Å². The molecule has 1 amide bonds. The van der Waals surface area contributed by atoms with Crippen LogP contribution < -0.4 is 15.5 Å². The first-order chi connectivity index (χ1) is 18.8. The Balaban J connectivity index is 1.39. The van der Waals surface area contributed by atoms with Gasteiger partial charge in [0.05, 0.1) is 37.1 Å². The molecule has 2 N–H and O–H groups in total. The normalized spacial score (nSPS) is 21.5. The summed E-state index contributed by atoms with van der Waals surface area (Å²) in [5.74, 6) is 0.157. The van der Waals surface area contributed by atoms with Crippen molar-refractivity contribution in [2.24, 2.45) is 5.92 Å². The Hall–Kier alpha value is -3.90. The summed E-state index contributed by atoms with van der Waals surface area (Å²) in [6.07, 6.45) is 4.83. The van der Waals surface area contributed by atoms with Crippen molar-refractivity contribution >= 4 is 39.8 Å². The first-order valence-corrected chi connectivity index (χ1v) is 11.8. The van der Waals surface area contributed by atoms with E-state index in [0.717, 1.165) is 31.6 Å². The molecular formula is C24H27N9O3. The summed E-state index contributed by atoms with van der Waals surface area (Å²) >= 11 is 0. The van der Waals surface area contributed by atoms with Crippen LogP contribution in [0.4, 0.5) is 17.3 Å². The van der Waals surface area contributed by atoms with Gasteiger partial charge in [0, 0.05) is 48.4 Å². The van der Waals surface area contributed by atoms with Crippen molar-refractivity contribution in [1.29, 1.82) is 0 Å². The van der Waals surface area contributed by atoms with E-state index in [1.807, 2.05) is 18.3 Å². The summed E-state index contributed by atoms with van der Waals surface area (Å²) in [4.78, 5) is 24.0. The number of nitrogens with one attached hydrogen (secondary N) is 2. The fraction of sp³-hybridized carbons (Fsp3) is 0.417. The number of hydrogen-bond donors (Lipinski definition) is 2. The number of rotatable bonds is 6. The van der Waals surface area contributed by atoms with Crippen molar-refractivity contribution in [2.45, 2.75) is 18.9 Å². The van der Waals surface area contributed by atoms with E-state index in [2.05, 4.69) is 40.8 Å². The highest BCUT2D eigenvalue weighted by molar-refractivity contribution is 6.01. The lowest BCUT2D eigenvalue weighted by Crippen LogP contribution is -2.42. The van der Waals surface area contributed by atoms with Crippen LogP contribution in [-0.2, 0) is 14.3 Å². The number of pyridine rings is 2. The second kappa shape index (κ2) is 9.28. The SMILES string of the molecule is [2H]C([2H])([2H])Nc1ncc(-c2nc3ccc(N4CCOCC4)cn3n2)c2cc(NC(=O)[C@H]3CC[C@H]3OC)nnc12. The maximum absolute atomic E-state index is 12.8. The number of carbonyl (C=O) groups is 1. The van der Waals surface area contributed by atoms with Gasteiger partial charge < -0.3 is 25.0 Å². The van der Waals surface area contributed by atoms with E-state index in [0.29, 0.717) is 35.6 Å². The zero-order chi connectivity index (χ0) is 27.1. The molecule has 0 aromatic carbocycles. The number of ether oxygens (including phenoxy) is 2. The number of carbonyl (C=O) groups excluding carboxylic acids is 1. The lowest BCUT2D eigenvalue weighted by Gasteiger charge is -2.33. The summed E-state index contributed by atoms with van der Waals surface area (Å²) in [5.41, 5.74) is 2.36. The van der Waals surface area contributed by atoms with E-state index in [1.54, 1.807) is 17.7 Å². The van der Waals surface area contributed by atoms with Crippen molar-refractivity contribution in [3.63, 3.8) is 0 Å². The Morgan fingerprint density at radius 2 is 2.14 bits per heavy atom. The molecular weight excluding hydrogens is 462 g/mol. The molecule has 2 aliphatic rings. The van der Waals surface area contributed by atoms with Crippen LogP contribution in [0.1, 0.15) is 17.0 Å². The first kappa shape index (κ1) is 19.3. The molecule has 1 aliphatic carbocycles. The van der Waals surface area contributed by atoms with E-state index in [4.69, 9.17) is 13.6 Å². The zero-order valence-electron chi connectivity index (χ0n) is 22.6. The topological polar surface area (TPSA) is 132 Å². The Bertz CT molecular complexity index is 1540. The van der Waals surface area contributed by atoms with Crippen LogP contribution >= 0.6 is 0 Å². The van der Waals surface area contributed by atoms with Gasteiger partial charge in [-0.3, -0.25) is 4.79 Å². The third kappa shape index (κ3) is 3.97. The van der Waals surface area contributed by atoms with Crippen molar-refractivity contribution in [3.05, 3.63) is 30.6 Å². The van der Waals surface area contributed by atoms with Gasteiger partial charge in [-0.2, -0.15) is 0 Å². The monoisotopic (exact) mass is 492 g/mol. The highest BCUT2D eigenvalue weighted by Gasteiger charge is 2.37. The standard InChI is InChI=1S/C24H27N9O3/c1-25-23-21-16(11-19(29-30-21)27-24(34)15-4-5-18(15)35-2)17(12-26-23)22-28-20-6-3-14(13-33(20)31-22)32-7-9-36-10-8-32/h3,6,11-13,15,18H,4-5,7-10H2,1-2H3,(H,25,26)(H,27,29,34)/t15-,18+/m0/s1/i1D3. The average Bonchev–Trinajstić information content (AvgIpc) is 3.31. The maximum Gasteiger partial charge on any atom is 0.231 e. The van der Waals surface area contributed by atoms with Crippen molar-refractivity contribution in [2.75, 3.05) is 55.9 Å². The van der Waals surface area contributed by atoms with E-state index in [9.17, 15) is 4.79 Å². The van der Waals surface area contributed by atoms with Crippen LogP contribution in [0.2, 0.25) is 0 Å². The minimum atomic E-state index is -2.49. The smallest absolute Gasteiger partial charge is 0.231 e. The Morgan fingerprint density at radius 3 is 2.92 bits per heavy atom. The highest BCUT2D eigenvalue weighted by Crippen LogP contribution is 2.33. The van der Waals surface area contributed by atoms with E-state index in [1.165, 1.54) is 6.20 Å². The minimum absolute atomic E-state index is 0.0379. The van der Waals surface area contributed by atoms with Crippen LogP contribution in [0.5, 0.6) is 0 Å². The molecule has 12 heteroatoms. The van der Waals surface area contributed by atoms with Gasteiger partial charge >= 0.3 is 0 Å². The molecule has 2 atom stereocenters. The summed E-state index contributed by atoms with van der Waals surface area (Å²) in [6.45, 7) is 0.424. The second-order valence-corrected chi connectivity index (χ2v) is 8.81. The van der Waals surface area contributed by atoms with Gasteiger partial charge in [-0.25, -0.2) is 14.5 Å². The number of anilines is 3. The molecule has 0 radical (unpaired) electrons. The van der Waals surface area contributed by atoms with E-state index in [-0.39, 0.29) is 35.1 Å². The highest BCUT2D eigenvalue weighted by atomic mass is 16.5. The molecule has 0 unspecified atom stereocenters. The van der Waals surface area contributed by atoms with Crippen molar-refractivity contribution in [1.82, 2.24) is 29.8 Å². The number of morpholine rings is 1. The molecule has 1 aliphatic heterocycles. The molecule has 0 spiro atoms. The van der Waals surface area contributed by atoms with Gasteiger partial charge in [-0.05, 0) is 31.0 Å². The average molecular weight is 493 g/mol. The van der Waals surface area contributed by atoms with Crippen LogP contribution in [0.3, 0.4) is 0 Å². The van der Waals surface area contributed by atoms with Gasteiger partial charge in [0.25, 0.3) is 0 Å². The predicted molar refractivity (Wildman–Crippen MR) is 134 cm³/mol. The first-order valence-electron chi connectivity index (χ1n) is 13.3. The third-order valence-corrected chi connectivity index (χ3v) is 6.78. The van der Waals surface area contributed by atoms with Crippen molar-refractivity contribution < 1.29 is 18.4 Å². The predicted octanol–water partition coefficient (Wildman–Crippen LogP) is 1.98. The van der Waals surface area contributed by atoms with Crippen molar-refractivity contribution in [3.8, 4) is 11.4 Å². The molecule has 2 fully saturated rings. The summed E-state index contributed by atoms with van der Waals surface area (Å²) in [5, 5.41) is 18.7. The molecule has 186 valence electrons. The third-order valence-electron chi connectivity index (χ3n) is 6.78. The molecule has 6 rings (SSSR count). The second-order valence-electron chi connectivity index (χ2n) is 8.81. The molecule has 36 heavy (non-hydrogen) atoms. The number of hydrogen-bond acceptors (Lipinski definition) is 10. The molecule has 4 aromatic heterocycles. The largest absolute Gasteiger partial charge is 0.381 e. The number of aromatic nitrogens is 6. The number of methoxy groups -OCH3 is 1. The zero-order valence-corrected chi connectivity index (χ0v) is 19.6. The van der Waals surface area contributed by atoms with Gasteiger partial charge in [0.1, 0.15) is 5.52 Å². The van der Waals surface area contributed by atoms with Crippen LogP contribution in [0.15, 0.2) is 30.6 Å².